The Morgan fingerprint density at radius 1 is 1.00 bits per heavy atom. The van der Waals surface area contributed by atoms with E-state index in [1.807, 2.05) is 11.8 Å². The Hall–Kier alpha value is -4.89. The van der Waals surface area contributed by atoms with Crippen LogP contribution in [0.15, 0.2) is 55.0 Å². The molecule has 2 N–H and O–H groups in total. The van der Waals surface area contributed by atoms with Gasteiger partial charge in [-0.15, -0.1) is 0 Å². The predicted molar refractivity (Wildman–Crippen MR) is 188 cm³/mol. The first-order chi connectivity index (χ1) is 25.5. The number of rotatable bonds is 10. The van der Waals surface area contributed by atoms with E-state index in [2.05, 4.69) is 20.3 Å². The molecule has 290 valence electrons. The lowest BCUT2D eigenvalue weighted by Crippen LogP contribution is -2.63. The monoisotopic (exact) mass is 760 g/mol. The average Bonchev–Trinajstić information content (AvgIpc) is 3.46. The first kappa shape index (κ1) is 38.8. The van der Waals surface area contributed by atoms with Crippen molar-refractivity contribution in [1.29, 1.82) is 0 Å². The first-order valence-corrected chi connectivity index (χ1v) is 18.0. The smallest absolute Gasteiger partial charge is 0.434 e. The number of nitrogens with one attached hydrogen (secondary N) is 1. The Balaban J connectivity index is 1.32. The van der Waals surface area contributed by atoms with Crippen LogP contribution in [0, 0.1) is 17.8 Å². The minimum atomic E-state index is -5.17. The number of hydrogen-bond donors (Lipinski definition) is 2. The molecule has 1 aromatic carbocycles. The summed E-state index contributed by atoms with van der Waals surface area (Å²) in [4.78, 5) is 40.9. The van der Waals surface area contributed by atoms with Crippen LogP contribution in [-0.2, 0) is 17.5 Å². The minimum absolute atomic E-state index is 0.0207. The van der Waals surface area contributed by atoms with E-state index in [0.29, 0.717) is 56.9 Å². The summed E-state index contributed by atoms with van der Waals surface area (Å²) < 4.78 is 92.4. The van der Waals surface area contributed by atoms with Crippen molar-refractivity contribution in [2.24, 2.45) is 17.8 Å². The molecule has 4 heterocycles. The molecule has 1 amide bonds. The third-order valence-corrected chi connectivity index (χ3v) is 10.6. The number of fused-ring (bicyclic) bond motifs is 1. The summed E-state index contributed by atoms with van der Waals surface area (Å²) in [5, 5.41) is 13.1. The number of benzene rings is 1. The normalized spacial score (nSPS) is 19.9. The summed E-state index contributed by atoms with van der Waals surface area (Å²) in [5.74, 6) is -2.73. The summed E-state index contributed by atoms with van der Waals surface area (Å²) in [6, 6.07) is 8.19. The van der Waals surface area contributed by atoms with Gasteiger partial charge in [0, 0.05) is 61.5 Å². The average molecular weight is 761 g/mol. The topological polar surface area (TPSA) is 122 Å². The van der Waals surface area contributed by atoms with Crippen LogP contribution >= 0.6 is 0 Å². The maximum Gasteiger partial charge on any atom is 0.434 e. The highest BCUT2D eigenvalue weighted by molar-refractivity contribution is 6.00. The number of nitrogens with zero attached hydrogens (tertiary/aromatic N) is 5. The Kier molecular flexibility index (Phi) is 10.9. The fourth-order valence-electron chi connectivity index (χ4n) is 8.00. The number of hydrogen-bond acceptors (Lipinski definition) is 7. The van der Waals surface area contributed by atoms with Gasteiger partial charge in [-0.1, -0.05) is 33.6 Å². The molecule has 1 aliphatic heterocycles. The van der Waals surface area contributed by atoms with Crippen LogP contribution in [0.1, 0.15) is 75.3 Å². The summed E-state index contributed by atoms with van der Waals surface area (Å²) in [7, 11) is 0. The molecule has 1 aliphatic carbocycles. The van der Waals surface area contributed by atoms with Crippen molar-refractivity contribution >= 4 is 28.7 Å². The highest BCUT2D eigenvalue weighted by Gasteiger charge is 2.51. The van der Waals surface area contributed by atoms with Crippen LogP contribution in [0.2, 0.25) is 0 Å². The number of amides is 1. The zero-order chi connectivity index (χ0) is 39.0. The number of halogens is 6. The number of ether oxygens (including phenoxy) is 1. The van der Waals surface area contributed by atoms with Crippen LogP contribution in [0.5, 0.6) is 5.75 Å². The van der Waals surface area contributed by atoms with Gasteiger partial charge in [0.1, 0.15) is 23.9 Å². The third-order valence-electron chi connectivity index (χ3n) is 10.6. The SMILES string of the molecule is CC1CCCC(C(NC(=O)c2ccc(-c3cn(CC(F)(F)F)c4cc(OC5CCN(c6ncccn6)CC5)ccc34)nc2C(F)(F)F)(C(=O)O)C(C)C)C1. The highest BCUT2D eigenvalue weighted by Crippen LogP contribution is 2.42. The Morgan fingerprint density at radius 2 is 1.70 bits per heavy atom. The second kappa shape index (κ2) is 15.1. The summed E-state index contributed by atoms with van der Waals surface area (Å²) in [6.45, 7) is 4.95. The lowest BCUT2D eigenvalue weighted by Gasteiger charge is -2.44. The lowest BCUT2D eigenvalue weighted by atomic mass is 9.66. The Morgan fingerprint density at radius 3 is 2.31 bits per heavy atom. The molecular weight excluding hydrogens is 718 g/mol. The molecule has 54 heavy (non-hydrogen) atoms. The molecule has 16 heteroatoms. The van der Waals surface area contributed by atoms with Crippen molar-refractivity contribution in [3.05, 3.63) is 66.2 Å². The largest absolute Gasteiger partial charge is 0.490 e. The maximum absolute atomic E-state index is 14.7. The summed E-state index contributed by atoms with van der Waals surface area (Å²) in [5.41, 5.74) is -4.58. The third kappa shape index (κ3) is 8.11. The second-order valence-electron chi connectivity index (χ2n) is 14.7. The zero-order valence-electron chi connectivity index (χ0n) is 30.0. The van der Waals surface area contributed by atoms with Gasteiger partial charge in [0.2, 0.25) is 5.95 Å². The fraction of sp³-hybridized carbons (Fsp3) is 0.500. The molecule has 4 aromatic rings. The quantitative estimate of drug-likeness (QED) is 0.155. The number of pyridine rings is 1. The number of piperidine rings is 1. The van der Waals surface area contributed by atoms with E-state index in [1.54, 1.807) is 38.4 Å². The maximum atomic E-state index is 14.7. The molecule has 2 fully saturated rings. The van der Waals surface area contributed by atoms with E-state index in [1.165, 1.54) is 12.1 Å². The van der Waals surface area contributed by atoms with Crippen LogP contribution in [-0.4, -0.2) is 67.4 Å². The summed E-state index contributed by atoms with van der Waals surface area (Å²) >= 11 is 0. The van der Waals surface area contributed by atoms with Gasteiger partial charge in [0.25, 0.3) is 5.91 Å². The van der Waals surface area contributed by atoms with Crippen molar-refractivity contribution in [3.63, 3.8) is 0 Å². The number of aliphatic carboxylic acids is 1. The molecule has 2 aliphatic rings. The van der Waals surface area contributed by atoms with Crippen LogP contribution in [0.4, 0.5) is 32.3 Å². The van der Waals surface area contributed by atoms with Gasteiger partial charge in [-0.25, -0.2) is 19.7 Å². The van der Waals surface area contributed by atoms with Gasteiger partial charge in [-0.2, -0.15) is 26.3 Å². The van der Waals surface area contributed by atoms with Crippen molar-refractivity contribution in [1.82, 2.24) is 24.8 Å². The number of carbonyl (C=O) groups is 2. The molecule has 3 unspecified atom stereocenters. The zero-order valence-corrected chi connectivity index (χ0v) is 30.0. The van der Waals surface area contributed by atoms with Crippen LogP contribution < -0.4 is 15.0 Å². The molecule has 10 nitrogen and oxygen atoms in total. The molecule has 1 saturated carbocycles. The number of carboxylic acids is 1. The number of carbonyl (C=O) groups excluding carboxylic acids is 1. The van der Waals surface area contributed by atoms with Gasteiger partial charge >= 0.3 is 18.3 Å². The second-order valence-corrected chi connectivity index (χ2v) is 14.7. The molecule has 3 atom stereocenters. The van der Waals surface area contributed by atoms with Gasteiger partial charge in [0.05, 0.1) is 16.8 Å². The predicted octanol–water partition coefficient (Wildman–Crippen LogP) is 8.16. The molecule has 0 radical (unpaired) electrons. The van der Waals surface area contributed by atoms with E-state index in [9.17, 15) is 41.0 Å². The van der Waals surface area contributed by atoms with E-state index < -0.39 is 59.4 Å². The number of alkyl halides is 6. The van der Waals surface area contributed by atoms with Crippen molar-refractivity contribution in [3.8, 4) is 17.0 Å². The Bertz CT molecular complexity index is 1980. The summed E-state index contributed by atoms with van der Waals surface area (Å²) in [6.07, 6.45) is -1.96. The van der Waals surface area contributed by atoms with E-state index in [4.69, 9.17) is 4.74 Å². The molecule has 0 bridgehead atoms. The van der Waals surface area contributed by atoms with E-state index >= 15 is 0 Å². The van der Waals surface area contributed by atoms with Gasteiger partial charge in [-0.3, -0.25) is 4.79 Å². The van der Waals surface area contributed by atoms with Crippen LogP contribution in [0.3, 0.4) is 0 Å². The highest BCUT2D eigenvalue weighted by atomic mass is 19.4. The van der Waals surface area contributed by atoms with E-state index in [-0.39, 0.29) is 34.2 Å². The molecule has 6 rings (SSSR count). The molecule has 0 spiro atoms. The lowest BCUT2D eigenvalue weighted by molar-refractivity contribution is -0.150. The number of aromatic nitrogens is 4. The molecule has 3 aromatic heterocycles. The fourth-order valence-corrected chi connectivity index (χ4v) is 8.00. The van der Waals surface area contributed by atoms with Gasteiger partial charge in [0.15, 0.2) is 5.69 Å². The Labute approximate surface area is 307 Å². The molecule has 1 saturated heterocycles. The van der Waals surface area contributed by atoms with Gasteiger partial charge < -0.3 is 24.6 Å². The standard InChI is InChI=1S/C38H42F6N6O4/c1-22(2)37(34(52)53,24-7-4-6-23(3)18-24)48-33(51)28-10-11-30(47-32(28)38(42,43)44)29-20-50(21-36(39,40)41)31-19-26(8-9-27(29)31)54-25-12-16-49(17-13-25)35-45-14-5-15-46-35/h5,8-11,14-15,19-20,22-25H,4,6-7,12-13,16-18,21H2,1-3H3,(H,48,51)(H,52,53). The van der Waals surface area contributed by atoms with Crippen molar-refractivity contribution in [2.45, 2.75) is 89.8 Å². The molecular formula is C38H42F6N6O4. The first-order valence-electron chi connectivity index (χ1n) is 18.0. The number of carboxylic acid groups (broad SMARTS) is 1. The van der Waals surface area contributed by atoms with E-state index in [0.717, 1.165) is 29.3 Å². The number of anilines is 1. The van der Waals surface area contributed by atoms with Crippen LogP contribution in [0.25, 0.3) is 22.2 Å². The van der Waals surface area contributed by atoms with Crippen molar-refractivity contribution in [2.75, 3.05) is 18.0 Å². The van der Waals surface area contributed by atoms with Gasteiger partial charge in [-0.05, 0) is 60.9 Å². The van der Waals surface area contributed by atoms with Crippen molar-refractivity contribution < 1.29 is 45.8 Å². The minimum Gasteiger partial charge on any atom is -0.490 e.